The smallest absolute Gasteiger partial charge is 0.129 e. The maximum absolute atomic E-state index is 14.2. The molecule has 24 heavy (non-hydrogen) atoms. The molecular weight excluding hydrogens is 323 g/mol. The molecule has 4 rings (SSSR count). The first-order valence-corrected chi connectivity index (χ1v) is 8.82. The van der Waals surface area contributed by atoms with Crippen LogP contribution < -0.4 is 5.32 Å². The molecule has 1 N–H and O–H groups in total. The zero-order chi connectivity index (χ0) is 16.5. The molecule has 0 spiro atoms. The number of para-hydroxylation sites is 1. The van der Waals surface area contributed by atoms with Gasteiger partial charge in [0.15, 0.2) is 0 Å². The summed E-state index contributed by atoms with van der Waals surface area (Å²) in [5.74, 6) is 0.330. The molecule has 0 unspecified atom stereocenters. The highest BCUT2D eigenvalue weighted by Gasteiger charge is 2.20. The summed E-state index contributed by atoms with van der Waals surface area (Å²) in [6.07, 6.45) is 4.53. The van der Waals surface area contributed by atoms with Gasteiger partial charge in [0.05, 0.1) is 6.54 Å². The molecule has 1 aliphatic heterocycles. The molecule has 1 aromatic heterocycles. The van der Waals surface area contributed by atoms with Crippen molar-refractivity contribution in [3.05, 3.63) is 70.6 Å². The van der Waals surface area contributed by atoms with Gasteiger partial charge in [-0.15, -0.1) is 0 Å². The van der Waals surface area contributed by atoms with Crippen LogP contribution in [0.1, 0.15) is 29.9 Å². The van der Waals surface area contributed by atoms with E-state index in [2.05, 4.69) is 34.3 Å². The van der Waals surface area contributed by atoms with Crippen LogP contribution in [0.3, 0.4) is 0 Å². The Morgan fingerprint density at radius 2 is 1.92 bits per heavy atom. The summed E-state index contributed by atoms with van der Waals surface area (Å²) in [5, 5.41) is 5.15. The Morgan fingerprint density at radius 1 is 1.12 bits per heavy atom. The van der Waals surface area contributed by atoms with Crippen molar-refractivity contribution in [3.8, 4) is 0 Å². The van der Waals surface area contributed by atoms with Gasteiger partial charge in [-0.05, 0) is 55.6 Å². The number of hydrogen-bond acceptors (Lipinski definition) is 1. The Balaban J connectivity index is 1.75. The summed E-state index contributed by atoms with van der Waals surface area (Å²) in [7, 11) is 0. The summed E-state index contributed by atoms with van der Waals surface area (Å²) in [6, 6.07) is 13.3. The highest BCUT2D eigenvalue weighted by Crippen LogP contribution is 2.33. The predicted molar refractivity (Wildman–Crippen MR) is 97.3 cm³/mol. The van der Waals surface area contributed by atoms with Crippen molar-refractivity contribution < 1.29 is 4.39 Å². The highest BCUT2D eigenvalue weighted by atomic mass is 35.5. The van der Waals surface area contributed by atoms with Gasteiger partial charge in [-0.1, -0.05) is 35.9 Å². The van der Waals surface area contributed by atoms with Crippen LogP contribution in [-0.2, 0) is 6.54 Å². The third-order valence-corrected chi connectivity index (χ3v) is 5.19. The average molecular weight is 343 g/mol. The van der Waals surface area contributed by atoms with E-state index >= 15 is 0 Å². The summed E-state index contributed by atoms with van der Waals surface area (Å²) < 4.78 is 16.4. The number of fused-ring (bicyclic) bond motifs is 1. The molecular formula is C20H20ClFN2. The summed E-state index contributed by atoms with van der Waals surface area (Å²) >= 11 is 5.87. The minimum Gasteiger partial charge on any atom is -0.343 e. The molecule has 1 aliphatic rings. The van der Waals surface area contributed by atoms with E-state index in [-0.39, 0.29) is 5.82 Å². The monoisotopic (exact) mass is 342 g/mol. The van der Waals surface area contributed by atoms with Crippen LogP contribution in [0.5, 0.6) is 0 Å². The molecule has 0 atom stereocenters. The van der Waals surface area contributed by atoms with Gasteiger partial charge in [0.1, 0.15) is 5.82 Å². The van der Waals surface area contributed by atoms with E-state index in [1.807, 2.05) is 6.07 Å². The van der Waals surface area contributed by atoms with Gasteiger partial charge in [-0.2, -0.15) is 0 Å². The van der Waals surface area contributed by atoms with Crippen molar-refractivity contribution in [1.82, 2.24) is 9.88 Å². The second-order valence-corrected chi connectivity index (χ2v) is 6.93. The number of piperidine rings is 1. The van der Waals surface area contributed by atoms with Crippen molar-refractivity contribution >= 4 is 22.5 Å². The van der Waals surface area contributed by atoms with E-state index in [9.17, 15) is 4.39 Å². The second-order valence-electron chi connectivity index (χ2n) is 6.49. The van der Waals surface area contributed by atoms with Crippen LogP contribution in [0.2, 0.25) is 5.02 Å². The Morgan fingerprint density at radius 3 is 2.71 bits per heavy atom. The SMILES string of the molecule is Fc1cc(Cl)ccc1Cn1cc(C2CCNCC2)c2ccccc21. The second kappa shape index (κ2) is 6.58. The number of nitrogens with one attached hydrogen (secondary N) is 1. The standard InChI is InChI=1S/C20H20ClFN2/c21-16-6-5-15(19(22)11-16)12-24-13-18(14-7-9-23-10-8-14)17-3-1-2-4-20(17)24/h1-6,11,13-14,23H,7-10,12H2. The summed E-state index contributed by atoms with van der Waals surface area (Å²) in [4.78, 5) is 0. The lowest BCUT2D eigenvalue weighted by molar-refractivity contribution is 0.461. The molecule has 0 radical (unpaired) electrons. The predicted octanol–water partition coefficient (Wildman–Crippen LogP) is 4.95. The van der Waals surface area contributed by atoms with E-state index < -0.39 is 0 Å². The molecule has 124 valence electrons. The third kappa shape index (κ3) is 2.94. The minimum absolute atomic E-state index is 0.247. The maximum Gasteiger partial charge on any atom is 0.129 e. The Labute approximate surface area is 146 Å². The third-order valence-electron chi connectivity index (χ3n) is 4.95. The molecule has 2 heterocycles. The largest absolute Gasteiger partial charge is 0.343 e. The zero-order valence-electron chi connectivity index (χ0n) is 13.4. The van der Waals surface area contributed by atoms with E-state index in [1.54, 1.807) is 12.1 Å². The quantitative estimate of drug-likeness (QED) is 0.712. The van der Waals surface area contributed by atoms with Gasteiger partial charge in [0.2, 0.25) is 0 Å². The maximum atomic E-state index is 14.2. The lowest BCUT2D eigenvalue weighted by atomic mass is 9.90. The Hall–Kier alpha value is -1.84. The normalized spacial score (nSPS) is 15.9. The molecule has 0 aliphatic carbocycles. The molecule has 1 fully saturated rings. The number of aromatic nitrogens is 1. The van der Waals surface area contributed by atoms with Crippen LogP contribution in [0.15, 0.2) is 48.7 Å². The molecule has 0 amide bonds. The van der Waals surface area contributed by atoms with Gasteiger partial charge < -0.3 is 9.88 Å². The molecule has 3 aromatic rings. The fourth-order valence-corrected chi connectivity index (χ4v) is 3.86. The van der Waals surface area contributed by atoms with Gasteiger partial charge in [0.25, 0.3) is 0 Å². The molecule has 2 nitrogen and oxygen atoms in total. The number of benzene rings is 2. The number of nitrogens with zero attached hydrogens (tertiary/aromatic N) is 1. The van der Waals surface area contributed by atoms with Crippen LogP contribution in [0.25, 0.3) is 10.9 Å². The van der Waals surface area contributed by atoms with Crippen molar-refractivity contribution in [2.75, 3.05) is 13.1 Å². The topological polar surface area (TPSA) is 17.0 Å². The van der Waals surface area contributed by atoms with E-state index in [1.165, 1.54) is 22.5 Å². The van der Waals surface area contributed by atoms with Crippen LogP contribution >= 0.6 is 11.6 Å². The van der Waals surface area contributed by atoms with Crippen LogP contribution in [0, 0.1) is 5.82 Å². The first-order chi connectivity index (χ1) is 11.7. The average Bonchev–Trinajstić information content (AvgIpc) is 2.97. The zero-order valence-corrected chi connectivity index (χ0v) is 14.2. The lowest BCUT2D eigenvalue weighted by Gasteiger charge is -2.22. The molecule has 1 saturated heterocycles. The number of halogens is 2. The summed E-state index contributed by atoms with van der Waals surface area (Å²) in [6.45, 7) is 2.65. The molecule has 0 bridgehead atoms. The fourth-order valence-electron chi connectivity index (χ4n) is 3.70. The van der Waals surface area contributed by atoms with Crippen LogP contribution in [-0.4, -0.2) is 17.7 Å². The van der Waals surface area contributed by atoms with E-state index in [0.29, 0.717) is 23.0 Å². The van der Waals surface area contributed by atoms with E-state index in [0.717, 1.165) is 25.9 Å². The van der Waals surface area contributed by atoms with Crippen molar-refractivity contribution in [1.29, 1.82) is 0 Å². The van der Waals surface area contributed by atoms with Crippen molar-refractivity contribution in [3.63, 3.8) is 0 Å². The summed E-state index contributed by atoms with van der Waals surface area (Å²) in [5.41, 5.74) is 3.22. The van der Waals surface area contributed by atoms with Gasteiger partial charge >= 0.3 is 0 Å². The van der Waals surface area contributed by atoms with Gasteiger partial charge in [-0.3, -0.25) is 0 Å². The molecule has 4 heteroatoms. The highest BCUT2D eigenvalue weighted by molar-refractivity contribution is 6.30. The molecule has 2 aromatic carbocycles. The van der Waals surface area contributed by atoms with E-state index in [4.69, 9.17) is 11.6 Å². The Kier molecular flexibility index (Phi) is 4.30. The Bertz CT molecular complexity index is 865. The first kappa shape index (κ1) is 15.7. The number of rotatable bonds is 3. The fraction of sp³-hybridized carbons (Fsp3) is 0.300. The first-order valence-electron chi connectivity index (χ1n) is 8.45. The van der Waals surface area contributed by atoms with Crippen molar-refractivity contribution in [2.45, 2.75) is 25.3 Å². The number of hydrogen-bond donors (Lipinski definition) is 1. The van der Waals surface area contributed by atoms with Crippen LogP contribution in [0.4, 0.5) is 4.39 Å². The van der Waals surface area contributed by atoms with Gasteiger partial charge in [-0.25, -0.2) is 4.39 Å². The van der Waals surface area contributed by atoms with Gasteiger partial charge in [0, 0.05) is 27.7 Å². The molecule has 0 saturated carbocycles. The lowest BCUT2D eigenvalue weighted by Crippen LogP contribution is -2.26. The minimum atomic E-state index is -0.247. The van der Waals surface area contributed by atoms with Crippen molar-refractivity contribution in [2.24, 2.45) is 0 Å².